The SMILES string of the molecule is COc1cccc(COc2ccc(F)nc2)c1. The molecule has 88 valence electrons. The van der Waals surface area contributed by atoms with Crippen molar-refractivity contribution in [2.75, 3.05) is 7.11 Å². The largest absolute Gasteiger partial charge is 0.497 e. The average molecular weight is 233 g/mol. The fourth-order valence-corrected chi connectivity index (χ4v) is 1.38. The highest BCUT2D eigenvalue weighted by Gasteiger charge is 1.99. The number of hydrogen-bond donors (Lipinski definition) is 0. The highest BCUT2D eigenvalue weighted by atomic mass is 19.1. The summed E-state index contributed by atoms with van der Waals surface area (Å²) in [5.41, 5.74) is 0.980. The first-order valence-electron chi connectivity index (χ1n) is 5.15. The topological polar surface area (TPSA) is 31.4 Å². The Bertz CT molecular complexity index is 485. The van der Waals surface area contributed by atoms with Gasteiger partial charge in [0.25, 0.3) is 0 Å². The van der Waals surface area contributed by atoms with Crippen molar-refractivity contribution in [3.8, 4) is 11.5 Å². The zero-order valence-electron chi connectivity index (χ0n) is 9.39. The van der Waals surface area contributed by atoms with Crippen LogP contribution in [0.5, 0.6) is 11.5 Å². The second-order valence-corrected chi connectivity index (χ2v) is 3.46. The third kappa shape index (κ3) is 3.17. The number of methoxy groups -OCH3 is 1. The molecule has 0 unspecified atom stereocenters. The molecule has 0 aliphatic carbocycles. The van der Waals surface area contributed by atoms with Crippen LogP contribution in [0.3, 0.4) is 0 Å². The van der Waals surface area contributed by atoms with Gasteiger partial charge in [0.15, 0.2) is 0 Å². The van der Waals surface area contributed by atoms with Crippen LogP contribution in [0.25, 0.3) is 0 Å². The lowest BCUT2D eigenvalue weighted by Crippen LogP contribution is -1.96. The summed E-state index contributed by atoms with van der Waals surface area (Å²) in [6.07, 6.45) is 1.36. The Labute approximate surface area is 98.8 Å². The van der Waals surface area contributed by atoms with E-state index in [0.717, 1.165) is 11.3 Å². The van der Waals surface area contributed by atoms with Crippen LogP contribution in [0.15, 0.2) is 42.6 Å². The Kier molecular flexibility index (Phi) is 3.55. The number of benzene rings is 1. The third-order valence-corrected chi connectivity index (χ3v) is 2.24. The van der Waals surface area contributed by atoms with Crippen molar-refractivity contribution in [1.29, 1.82) is 0 Å². The fourth-order valence-electron chi connectivity index (χ4n) is 1.38. The molecule has 0 radical (unpaired) electrons. The Morgan fingerprint density at radius 1 is 1.18 bits per heavy atom. The molecule has 17 heavy (non-hydrogen) atoms. The van der Waals surface area contributed by atoms with Crippen molar-refractivity contribution >= 4 is 0 Å². The predicted octanol–water partition coefficient (Wildman–Crippen LogP) is 2.81. The molecule has 0 amide bonds. The van der Waals surface area contributed by atoms with E-state index in [1.807, 2.05) is 24.3 Å². The maximum atomic E-state index is 12.6. The van der Waals surface area contributed by atoms with Crippen LogP contribution in [0.4, 0.5) is 4.39 Å². The molecule has 1 aromatic carbocycles. The first-order chi connectivity index (χ1) is 8.28. The molecule has 0 spiro atoms. The number of nitrogens with zero attached hydrogens (tertiary/aromatic N) is 1. The van der Waals surface area contributed by atoms with Crippen molar-refractivity contribution in [3.63, 3.8) is 0 Å². The molecule has 2 aromatic rings. The lowest BCUT2D eigenvalue weighted by atomic mass is 10.2. The van der Waals surface area contributed by atoms with Crippen LogP contribution in [0, 0.1) is 5.95 Å². The fraction of sp³-hybridized carbons (Fsp3) is 0.154. The van der Waals surface area contributed by atoms with Gasteiger partial charge in [-0.05, 0) is 29.8 Å². The average Bonchev–Trinajstić information content (AvgIpc) is 2.38. The van der Waals surface area contributed by atoms with Crippen molar-refractivity contribution in [2.24, 2.45) is 0 Å². The van der Waals surface area contributed by atoms with Crippen LogP contribution in [0.1, 0.15) is 5.56 Å². The maximum Gasteiger partial charge on any atom is 0.213 e. The van der Waals surface area contributed by atoms with Gasteiger partial charge < -0.3 is 9.47 Å². The molecule has 0 N–H and O–H groups in total. The monoisotopic (exact) mass is 233 g/mol. The minimum absolute atomic E-state index is 0.393. The molecule has 0 bridgehead atoms. The van der Waals surface area contributed by atoms with Gasteiger partial charge in [-0.3, -0.25) is 0 Å². The van der Waals surface area contributed by atoms with Gasteiger partial charge in [-0.1, -0.05) is 12.1 Å². The summed E-state index contributed by atoms with van der Waals surface area (Å²) in [5.74, 6) is 0.802. The van der Waals surface area contributed by atoms with Crippen LogP contribution in [-0.4, -0.2) is 12.1 Å². The second-order valence-electron chi connectivity index (χ2n) is 3.46. The van der Waals surface area contributed by atoms with E-state index < -0.39 is 5.95 Å². The van der Waals surface area contributed by atoms with Gasteiger partial charge in [0.1, 0.15) is 18.1 Å². The lowest BCUT2D eigenvalue weighted by Gasteiger charge is -2.07. The molecular formula is C13H12FNO2. The van der Waals surface area contributed by atoms with E-state index in [-0.39, 0.29) is 0 Å². The number of halogens is 1. The number of pyridine rings is 1. The van der Waals surface area contributed by atoms with Gasteiger partial charge in [-0.25, -0.2) is 4.98 Å². The second kappa shape index (κ2) is 5.30. The number of ether oxygens (including phenoxy) is 2. The van der Waals surface area contributed by atoms with Crippen molar-refractivity contribution in [2.45, 2.75) is 6.61 Å². The first-order valence-corrected chi connectivity index (χ1v) is 5.15. The normalized spacial score (nSPS) is 10.0. The standard InChI is InChI=1S/C13H12FNO2/c1-16-11-4-2-3-10(7-11)9-17-12-5-6-13(14)15-8-12/h2-8H,9H2,1H3. The molecule has 4 heteroatoms. The van der Waals surface area contributed by atoms with Crippen molar-refractivity contribution < 1.29 is 13.9 Å². The smallest absolute Gasteiger partial charge is 0.213 e. The summed E-state index contributed by atoms with van der Waals surface area (Å²) in [6, 6.07) is 10.4. The molecule has 0 fully saturated rings. The maximum absolute atomic E-state index is 12.6. The molecule has 0 aliphatic rings. The molecule has 1 aromatic heterocycles. The Hall–Kier alpha value is -2.10. The van der Waals surface area contributed by atoms with E-state index in [1.54, 1.807) is 13.2 Å². The van der Waals surface area contributed by atoms with E-state index in [4.69, 9.17) is 9.47 Å². The molecule has 0 saturated carbocycles. The quantitative estimate of drug-likeness (QED) is 0.761. The van der Waals surface area contributed by atoms with Crippen LogP contribution < -0.4 is 9.47 Å². The lowest BCUT2D eigenvalue weighted by molar-refractivity contribution is 0.303. The minimum Gasteiger partial charge on any atom is -0.497 e. The van der Waals surface area contributed by atoms with Crippen molar-refractivity contribution in [1.82, 2.24) is 4.98 Å². The van der Waals surface area contributed by atoms with E-state index in [1.165, 1.54) is 12.3 Å². The Morgan fingerprint density at radius 3 is 2.76 bits per heavy atom. The minimum atomic E-state index is -0.515. The van der Waals surface area contributed by atoms with Gasteiger partial charge >= 0.3 is 0 Å². The summed E-state index contributed by atoms with van der Waals surface area (Å²) in [5, 5.41) is 0. The van der Waals surface area contributed by atoms with Gasteiger partial charge in [0, 0.05) is 0 Å². The van der Waals surface area contributed by atoms with Crippen LogP contribution in [0.2, 0.25) is 0 Å². The summed E-state index contributed by atoms with van der Waals surface area (Å²) >= 11 is 0. The third-order valence-electron chi connectivity index (χ3n) is 2.24. The van der Waals surface area contributed by atoms with Crippen LogP contribution in [-0.2, 0) is 6.61 Å². The summed E-state index contributed by atoms with van der Waals surface area (Å²) in [6.45, 7) is 0.393. The first kappa shape index (κ1) is 11.4. The number of aromatic nitrogens is 1. The summed E-state index contributed by atoms with van der Waals surface area (Å²) < 4.78 is 23.1. The Balaban J connectivity index is 1.99. The Morgan fingerprint density at radius 2 is 2.06 bits per heavy atom. The van der Waals surface area contributed by atoms with Crippen molar-refractivity contribution in [3.05, 3.63) is 54.1 Å². The zero-order chi connectivity index (χ0) is 12.1. The van der Waals surface area contributed by atoms with Crippen LogP contribution >= 0.6 is 0 Å². The van der Waals surface area contributed by atoms with Gasteiger partial charge in [-0.2, -0.15) is 4.39 Å². The molecule has 0 aliphatic heterocycles. The molecule has 2 rings (SSSR count). The van der Waals surface area contributed by atoms with E-state index in [0.29, 0.717) is 12.4 Å². The zero-order valence-corrected chi connectivity index (χ0v) is 9.39. The molecule has 3 nitrogen and oxygen atoms in total. The van der Waals surface area contributed by atoms with Gasteiger partial charge in [0.05, 0.1) is 13.3 Å². The summed E-state index contributed by atoms with van der Waals surface area (Å²) in [7, 11) is 1.61. The van der Waals surface area contributed by atoms with E-state index >= 15 is 0 Å². The predicted molar refractivity (Wildman–Crippen MR) is 61.5 cm³/mol. The number of rotatable bonds is 4. The van der Waals surface area contributed by atoms with Gasteiger partial charge in [0.2, 0.25) is 5.95 Å². The highest BCUT2D eigenvalue weighted by Crippen LogP contribution is 2.15. The van der Waals surface area contributed by atoms with E-state index in [2.05, 4.69) is 4.98 Å². The van der Waals surface area contributed by atoms with E-state index in [9.17, 15) is 4.39 Å². The van der Waals surface area contributed by atoms with Gasteiger partial charge in [-0.15, -0.1) is 0 Å². The molecule has 0 atom stereocenters. The molecular weight excluding hydrogens is 221 g/mol. The molecule has 1 heterocycles. The summed E-state index contributed by atoms with van der Waals surface area (Å²) in [4.78, 5) is 3.51. The number of hydrogen-bond acceptors (Lipinski definition) is 3. The highest BCUT2D eigenvalue weighted by molar-refractivity contribution is 5.28. The molecule has 0 saturated heterocycles.